The Bertz CT molecular complexity index is 470. The van der Waals surface area contributed by atoms with Gasteiger partial charge in [-0.25, -0.2) is 0 Å². The minimum atomic E-state index is 0.111. The highest BCUT2D eigenvalue weighted by Crippen LogP contribution is 2.40. The third-order valence-corrected chi connectivity index (χ3v) is 4.37. The molecule has 0 amide bonds. The maximum atomic E-state index is 12.6. The largest absolute Gasteiger partial charge is 0.496 e. The molecule has 0 spiro atoms. The predicted molar refractivity (Wildman–Crippen MR) is 78.1 cm³/mol. The van der Waals surface area contributed by atoms with Crippen LogP contribution < -0.4 is 4.74 Å². The van der Waals surface area contributed by atoms with E-state index < -0.39 is 0 Å². The van der Waals surface area contributed by atoms with Gasteiger partial charge in [-0.1, -0.05) is 25.4 Å². The van der Waals surface area contributed by atoms with Crippen molar-refractivity contribution in [2.45, 2.75) is 39.5 Å². The number of carbonyl (C=O) groups excluding carboxylic acids is 1. The highest BCUT2D eigenvalue weighted by atomic mass is 35.5. The number of rotatable bonds is 3. The number of hydrogen-bond acceptors (Lipinski definition) is 2. The maximum absolute atomic E-state index is 12.6. The number of Topliss-reactive ketones (excluding diaryl/α,β-unsaturated/α-hetero) is 1. The number of benzene rings is 1. The number of ether oxygens (including phenoxy) is 1. The Labute approximate surface area is 120 Å². The molecule has 19 heavy (non-hydrogen) atoms. The Balaban J connectivity index is 2.18. The average Bonchev–Trinajstić information content (AvgIpc) is 2.38. The number of carbonyl (C=O) groups is 1. The van der Waals surface area contributed by atoms with Gasteiger partial charge in [0.2, 0.25) is 0 Å². The summed E-state index contributed by atoms with van der Waals surface area (Å²) in [6.45, 7) is 4.54. The molecule has 0 radical (unpaired) electrons. The Morgan fingerprint density at radius 1 is 1.32 bits per heavy atom. The van der Waals surface area contributed by atoms with Gasteiger partial charge < -0.3 is 4.74 Å². The van der Waals surface area contributed by atoms with Gasteiger partial charge in [0.1, 0.15) is 5.75 Å². The van der Waals surface area contributed by atoms with Gasteiger partial charge >= 0.3 is 0 Å². The monoisotopic (exact) mass is 280 g/mol. The topological polar surface area (TPSA) is 26.3 Å². The van der Waals surface area contributed by atoms with Crippen molar-refractivity contribution in [1.29, 1.82) is 0 Å². The van der Waals surface area contributed by atoms with Crippen LogP contribution in [0.4, 0.5) is 0 Å². The third-order valence-electron chi connectivity index (χ3n) is 4.14. The molecule has 2 nitrogen and oxygen atoms in total. The van der Waals surface area contributed by atoms with E-state index in [2.05, 4.69) is 13.8 Å². The van der Waals surface area contributed by atoms with Crippen LogP contribution in [0.1, 0.15) is 49.9 Å². The summed E-state index contributed by atoms with van der Waals surface area (Å²) in [5.41, 5.74) is 0.995. The summed E-state index contributed by atoms with van der Waals surface area (Å²) in [4.78, 5) is 12.6. The first kappa shape index (κ1) is 14.4. The second-order valence-corrected chi connectivity index (χ2v) is 6.58. The van der Waals surface area contributed by atoms with E-state index in [-0.39, 0.29) is 11.7 Å². The molecule has 1 aliphatic rings. The molecule has 1 aromatic rings. The van der Waals surface area contributed by atoms with Gasteiger partial charge in [-0.05, 0) is 49.3 Å². The van der Waals surface area contributed by atoms with Crippen molar-refractivity contribution in [2.24, 2.45) is 11.3 Å². The highest BCUT2D eigenvalue weighted by molar-refractivity contribution is 6.31. The molecule has 1 fully saturated rings. The van der Waals surface area contributed by atoms with Crippen molar-refractivity contribution in [1.82, 2.24) is 0 Å². The number of hydrogen-bond donors (Lipinski definition) is 0. The molecule has 0 bridgehead atoms. The lowest BCUT2D eigenvalue weighted by Crippen LogP contribution is -2.26. The standard InChI is InChI=1S/C16H21ClO2/c1-16(2)8-6-11(7-9-16)15(18)13-10-12(17)4-5-14(13)19-3/h4-5,10-11H,6-9H2,1-3H3. The van der Waals surface area contributed by atoms with Crippen LogP contribution in [0.25, 0.3) is 0 Å². The van der Waals surface area contributed by atoms with Crippen molar-refractivity contribution in [3.8, 4) is 5.75 Å². The summed E-state index contributed by atoms with van der Waals surface area (Å²) in [5.74, 6) is 0.912. The van der Waals surface area contributed by atoms with Crippen LogP contribution in [0.3, 0.4) is 0 Å². The van der Waals surface area contributed by atoms with Gasteiger partial charge in [0, 0.05) is 10.9 Å². The van der Waals surface area contributed by atoms with Crippen LogP contribution in [0.2, 0.25) is 5.02 Å². The molecule has 0 unspecified atom stereocenters. The van der Waals surface area contributed by atoms with E-state index in [1.54, 1.807) is 25.3 Å². The first-order valence-electron chi connectivity index (χ1n) is 6.81. The quantitative estimate of drug-likeness (QED) is 0.747. The minimum absolute atomic E-state index is 0.111. The molecule has 2 rings (SSSR count). The molecule has 1 saturated carbocycles. The molecule has 0 aliphatic heterocycles. The first-order valence-corrected chi connectivity index (χ1v) is 7.18. The molecule has 104 valence electrons. The van der Waals surface area contributed by atoms with E-state index in [0.717, 1.165) is 25.7 Å². The van der Waals surface area contributed by atoms with Crippen molar-refractivity contribution in [3.63, 3.8) is 0 Å². The SMILES string of the molecule is COc1ccc(Cl)cc1C(=O)C1CCC(C)(C)CC1. The zero-order valence-corrected chi connectivity index (χ0v) is 12.6. The van der Waals surface area contributed by atoms with Crippen LogP contribution in [0, 0.1) is 11.3 Å². The van der Waals surface area contributed by atoms with Crippen LogP contribution >= 0.6 is 11.6 Å². The highest BCUT2D eigenvalue weighted by Gasteiger charge is 2.32. The van der Waals surface area contributed by atoms with Crippen molar-refractivity contribution in [2.75, 3.05) is 7.11 Å². The molecule has 0 heterocycles. The molecule has 0 N–H and O–H groups in total. The van der Waals surface area contributed by atoms with Crippen LogP contribution in [0.15, 0.2) is 18.2 Å². The molecule has 0 saturated heterocycles. The molecule has 3 heteroatoms. The third kappa shape index (κ3) is 3.30. The van der Waals surface area contributed by atoms with Gasteiger partial charge in [-0.15, -0.1) is 0 Å². The lowest BCUT2D eigenvalue weighted by molar-refractivity contribution is 0.0835. The Morgan fingerprint density at radius 2 is 1.95 bits per heavy atom. The van der Waals surface area contributed by atoms with E-state index in [1.165, 1.54) is 0 Å². The smallest absolute Gasteiger partial charge is 0.169 e. The second-order valence-electron chi connectivity index (χ2n) is 6.15. The fourth-order valence-corrected chi connectivity index (χ4v) is 2.93. The average molecular weight is 281 g/mol. The van der Waals surface area contributed by atoms with Gasteiger partial charge in [0.15, 0.2) is 5.78 Å². The Kier molecular flexibility index (Phi) is 4.19. The molecule has 0 aromatic heterocycles. The van der Waals surface area contributed by atoms with Gasteiger partial charge in [-0.2, -0.15) is 0 Å². The summed E-state index contributed by atoms with van der Waals surface area (Å²) >= 11 is 5.99. The maximum Gasteiger partial charge on any atom is 0.169 e. The lowest BCUT2D eigenvalue weighted by atomic mass is 9.71. The Hall–Kier alpha value is -1.02. The molecular formula is C16H21ClO2. The summed E-state index contributed by atoms with van der Waals surface area (Å²) in [7, 11) is 1.59. The van der Waals surface area contributed by atoms with E-state index >= 15 is 0 Å². The first-order chi connectivity index (χ1) is 8.93. The minimum Gasteiger partial charge on any atom is -0.496 e. The van der Waals surface area contributed by atoms with Gasteiger partial charge in [-0.3, -0.25) is 4.79 Å². The van der Waals surface area contributed by atoms with Gasteiger partial charge in [0.05, 0.1) is 12.7 Å². The Morgan fingerprint density at radius 3 is 2.53 bits per heavy atom. The molecular weight excluding hydrogens is 260 g/mol. The van der Waals surface area contributed by atoms with E-state index in [1.807, 2.05) is 0 Å². The summed E-state index contributed by atoms with van der Waals surface area (Å²) in [6, 6.07) is 5.24. The van der Waals surface area contributed by atoms with Crippen LogP contribution in [-0.4, -0.2) is 12.9 Å². The van der Waals surface area contributed by atoms with E-state index in [0.29, 0.717) is 21.8 Å². The summed E-state index contributed by atoms with van der Waals surface area (Å²) in [6.07, 6.45) is 4.13. The zero-order chi connectivity index (χ0) is 14.0. The predicted octanol–water partition coefficient (Wildman–Crippen LogP) is 4.75. The van der Waals surface area contributed by atoms with E-state index in [4.69, 9.17) is 16.3 Å². The van der Waals surface area contributed by atoms with E-state index in [9.17, 15) is 4.79 Å². The number of halogens is 1. The van der Waals surface area contributed by atoms with Crippen molar-refractivity contribution < 1.29 is 9.53 Å². The van der Waals surface area contributed by atoms with Crippen molar-refractivity contribution >= 4 is 17.4 Å². The van der Waals surface area contributed by atoms with Crippen molar-refractivity contribution in [3.05, 3.63) is 28.8 Å². The second kappa shape index (κ2) is 5.54. The normalized spacial score (nSPS) is 19.2. The molecule has 1 aliphatic carbocycles. The number of ketones is 1. The molecule has 0 atom stereocenters. The lowest BCUT2D eigenvalue weighted by Gasteiger charge is -2.33. The zero-order valence-electron chi connectivity index (χ0n) is 11.8. The molecule has 1 aromatic carbocycles. The summed E-state index contributed by atoms with van der Waals surface area (Å²) in [5, 5.41) is 0.584. The number of methoxy groups -OCH3 is 1. The fourth-order valence-electron chi connectivity index (χ4n) is 2.75. The fraction of sp³-hybridized carbons (Fsp3) is 0.562. The summed E-state index contributed by atoms with van der Waals surface area (Å²) < 4.78 is 5.27. The van der Waals surface area contributed by atoms with Gasteiger partial charge in [0.25, 0.3) is 0 Å². The van der Waals surface area contributed by atoms with Crippen LogP contribution in [0.5, 0.6) is 5.75 Å². The van der Waals surface area contributed by atoms with Crippen LogP contribution in [-0.2, 0) is 0 Å².